The molecule has 0 amide bonds. The number of nitrogens with one attached hydrogen (secondary N) is 1. The maximum absolute atomic E-state index is 14.0. The molecule has 0 aromatic heterocycles. The van der Waals surface area contributed by atoms with Crippen molar-refractivity contribution in [2.24, 2.45) is 5.92 Å². The Bertz CT molecular complexity index is 378. The van der Waals surface area contributed by atoms with Gasteiger partial charge in [-0.1, -0.05) is 31.5 Å². The Morgan fingerprint density at radius 3 is 2.69 bits per heavy atom. The maximum atomic E-state index is 14.0. The van der Waals surface area contributed by atoms with E-state index in [9.17, 15) is 4.39 Å². The van der Waals surface area contributed by atoms with Crippen molar-refractivity contribution >= 4 is 0 Å². The zero-order valence-electron chi connectivity index (χ0n) is 10.3. The second-order valence-electron chi connectivity index (χ2n) is 5.14. The molecule has 1 unspecified atom stereocenters. The fourth-order valence-corrected chi connectivity index (χ4v) is 2.78. The maximum Gasteiger partial charge on any atom is 0.128 e. The van der Waals surface area contributed by atoms with E-state index in [0.29, 0.717) is 5.92 Å². The van der Waals surface area contributed by atoms with Gasteiger partial charge in [-0.3, -0.25) is 0 Å². The Balaban J connectivity index is 2.50. The van der Waals surface area contributed by atoms with Crippen LogP contribution >= 0.6 is 0 Å². The standard InChI is InChI=1S/C14H20FN/c1-10(2)14(7-4-8-16-14)12-9-11(3)5-6-13(12)15/h5-6,9-10,16H,4,7-8H2,1-3H3. The van der Waals surface area contributed by atoms with E-state index < -0.39 is 0 Å². The zero-order valence-corrected chi connectivity index (χ0v) is 10.3. The van der Waals surface area contributed by atoms with Crippen molar-refractivity contribution in [3.05, 3.63) is 35.1 Å². The largest absolute Gasteiger partial charge is 0.307 e. The Morgan fingerprint density at radius 1 is 1.38 bits per heavy atom. The van der Waals surface area contributed by atoms with Gasteiger partial charge in [0.25, 0.3) is 0 Å². The van der Waals surface area contributed by atoms with Crippen molar-refractivity contribution < 1.29 is 4.39 Å². The molecule has 1 fully saturated rings. The van der Waals surface area contributed by atoms with E-state index in [1.807, 2.05) is 19.1 Å². The van der Waals surface area contributed by atoms with Crippen LogP contribution in [0.5, 0.6) is 0 Å². The molecule has 1 aliphatic rings. The highest BCUT2D eigenvalue weighted by atomic mass is 19.1. The summed E-state index contributed by atoms with van der Waals surface area (Å²) in [6.45, 7) is 7.34. The smallest absolute Gasteiger partial charge is 0.128 e. The lowest BCUT2D eigenvalue weighted by molar-refractivity contribution is 0.267. The number of rotatable bonds is 2. The average molecular weight is 221 g/mol. The Hall–Kier alpha value is -0.890. The third kappa shape index (κ3) is 1.75. The first-order valence-corrected chi connectivity index (χ1v) is 6.08. The molecule has 0 saturated carbocycles. The van der Waals surface area contributed by atoms with Gasteiger partial charge < -0.3 is 5.32 Å². The molecule has 1 aromatic carbocycles. The second-order valence-corrected chi connectivity index (χ2v) is 5.14. The Kier molecular flexibility index (Phi) is 3.02. The summed E-state index contributed by atoms with van der Waals surface area (Å²) in [5.41, 5.74) is 1.82. The summed E-state index contributed by atoms with van der Waals surface area (Å²) in [5.74, 6) is 0.333. The van der Waals surface area contributed by atoms with Crippen LogP contribution in [0.2, 0.25) is 0 Å². The minimum absolute atomic E-state index is 0.0753. The molecule has 2 rings (SSSR count). The SMILES string of the molecule is Cc1ccc(F)c(C2(C(C)C)CCCN2)c1. The molecule has 88 valence electrons. The second kappa shape index (κ2) is 4.17. The van der Waals surface area contributed by atoms with Gasteiger partial charge in [-0.2, -0.15) is 0 Å². The van der Waals surface area contributed by atoms with Crippen molar-refractivity contribution in [3.8, 4) is 0 Å². The van der Waals surface area contributed by atoms with Crippen LogP contribution in [0.4, 0.5) is 4.39 Å². The van der Waals surface area contributed by atoms with Crippen LogP contribution in [0, 0.1) is 18.7 Å². The molecule has 1 heterocycles. The third-order valence-corrected chi connectivity index (χ3v) is 3.78. The number of aryl methyl sites for hydroxylation is 1. The number of halogens is 1. The molecule has 1 aromatic rings. The van der Waals surface area contributed by atoms with E-state index in [0.717, 1.165) is 30.5 Å². The topological polar surface area (TPSA) is 12.0 Å². The van der Waals surface area contributed by atoms with Gasteiger partial charge in [-0.15, -0.1) is 0 Å². The average Bonchev–Trinajstić information content (AvgIpc) is 2.71. The molecule has 2 heteroatoms. The van der Waals surface area contributed by atoms with Gasteiger partial charge in [0, 0.05) is 11.1 Å². The lowest BCUT2D eigenvalue weighted by atomic mass is 9.78. The number of hydrogen-bond donors (Lipinski definition) is 1. The van der Waals surface area contributed by atoms with E-state index in [1.165, 1.54) is 0 Å². The summed E-state index contributed by atoms with van der Waals surface area (Å²) in [4.78, 5) is 0. The first kappa shape index (κ1) is 11.6. The van der Waals surface area contributed by atoms with Crippen LogP contribution in [-0.4, -0.2) is 6.54 Å². The van der Waals surface area contributed by atoms with E-state index >= 15 is 0 Å². The molecule has 1 atom stereocenters. The number of hydrogen-bond acceptors (Lipinski definition) is 1. The van der Waals surface area contributed by atoms with Crippen molar-refractivity contribution in [3.63, 3.8) is 0 Å². The van der Waals surface area contributed by atoms with Crippen LogP contribution < -0.4 is 5.32 Å². The molecule has 0 spiro atoms. The van der Waals surface area contributed by atoms with Crippen molar-refractivity contribution in [2.75, 3.05) is 6.54 Å². The highest BCUT2D eigenvalue weighted by Crippen LogP contribution is 2.39. The van der Waals surface area contributed by atoms with Crippen LogP contribution in [0.25, 0.3) is 0 Å². The fourth-order valence-electron chi connectivity index (χ4n) is 2.78. The van der Waals surface area contributed by atoms with Crippen LogP contribution in [0.1, 0.15) is 37.8 Å². The zero-order chi connectivity index (χ0) is 11.8. The highest BCUT2D eigenvalue weighted by Gasteiger charge is 2.39. The van der Waals surface area contributed by atoms with Gasteiger partial charge in [0.15, 0.2) is 0 Å². The quantitative estimate of drug-likeness (QED) is 0.807. The Labute approximate surface area is 97.1 Å². The lowest BCUT2D eigenvalue weighted by Crippen LogP contribution is -2.42. The Morgan fingerprint density at radius 2 is 2.12 bits per heavy atom. The summed E-state index contributed by atoms with van der Waals surface area (Å²) < 4.78 is 14.0. The van der Waals surface area contributed by atoms with Crippen LogP contribution in [0.15, 0.2) is 18.2 Å². The fraction of sp³-hybridized carbons (Fsp3) is 0.571. The van der Waals surface area contributed by atoms with Gasteiger partial charge in [-0.25, -0.2) is 4.39 Å². The van der Waals surface area contributed by atoms with Crippen molar-refractivity contribution in [2.45, 2.75) is 39.2 Å². The van der Waals surface area contributed by atoms with Crippen molar-refractivity contribution in [1.29, 1.82) is 0 Å². The molecular weight excluding hydrogens is 201 g/mol. The summed E-state index contributed by atoms with van der Waals surface area (Å²) >= 11 is 0. The van der Waals surface area contributed by atoms with E-state index in [4.69, 9.17) is 0 Å². The predicted octanol–water partition coefficient (Wildman–Crippen LogP) is 3.37. The third-order valence-electron chi connectivity index (χ3n) is 3.78. The van der Waals surface area contributed by atoms with Crippen LogP contribution in [-0.2, 0) is 5.54 Å². The number of benzene rings is 1. The van der Waals surface area contributed by atoms with Crippen LogP contribution in [0.3, 0.4) is 0 Å². The summed E-state index contributed by atoms with van der Waals surface area (Å²) in [7, 11) is 0. The lowest BCUT2D eigenvalue weighted by Gasteiger charge is -2.35. The molecule has 1 nitrogen and oxygen atoms in total. The molecular formula is C14H20FN. The molecule has 0 aliphatic carbocycles. The minimum atomic E-state index is -0.157. The van der Waals surface area contributed by atoms with E-state index in [1.54, 1.807) is 6.07 Å². The summed E-state index contributed by atoms with van der Waals surface area (Å²) in [6.07, 6.45) is 2.16. The summed E-state index contributed by atoms with van der Waals surface area (Å²) in [5, 5.41) is 3.51. The first-order chi connectivity index (χ1) is 7.56. The van der Waals surface area contributed by atoms with Gasteiger partial charge in [-0.05, 0) is 38.3 Å². The van der Waals surface area contributed by atoms with Gasteiger partial charge in [0.2, 0.25) is 0 Å². The van der Waals surface area contributed by atoms with Gasteiger partial charge in [0.1, 0.15) is 5.82 Å². The minimum Gasteiger partial charge on any atom is -0.307 e. The molecule has 16 heavy (non-hydrogen) atoms. The highest BCUT2D eigenvalue weighted by molar-refractivity contribution is 5.32. The van der Waals surface area contributed by atoms with Gasteiger partial charge >= 0.3 is 0 Å². The molecule has 1 aliphatic heterocycles. The normalized spacial score (nSPS) is 25.3. The molecule has 1 N–H and O–H groups in total. The van der Waals surface area contributed by atoms with Crippen molar-refractivity contribution in [1.82, 2.24) is 5.32 Å². The monoisotopic (exact) mass is 221 g/mol. The van der Waals surface area contributed by atoms with E-state index in [2.05, 4.69) is 19.2 Å². The molecule has 0 radical (unpaired) electrons. The van der Waals surface area contributed by atoms with E-state index in [-0.39, 0.29) is 11.4 Å². The predicted molar refractivity (Wildman–Crippen MR) is 64.9 cm³/mol. The molecule has 1 saturated heterocycles. The molecule has 0 bridgehead atoms. The summed E-state index contributed by atoms with van der Waals surface area (Å²) in [6, 6.07) is 5.42. The first-order valence-electron chi connectivity index (χ1n) is 6.08. The van der Waals surface area contributed by atoms with Gasteiger partial charge in [0.05, 0.1) is 0 Å².